The average Bonchev–Trinajstić information content (AvgIpc) is 2.88. The summed E-state index contributed by atoms with van der Waals surface area (Å²) in [6.07, 6.45) is 3.23. The minimum atomic E-state index is 0.0103. The van der Waals surface area contributed by atoms with Gasteiger partial charge in [0.05, 0.1) is 0 Å². The Morgan fingerprint density at radius 2 is 1.81 bits per heavy atom. The topological polar surface area (TPSA) is 35.6 Å². The van der Waals surface area contributed by atoms with Crippen LogP contribution in [0, 0.1) is 0 Å². The quantitative estimate of drug-likeness (QED) is 0.863. The second-order valence-corrected chi connectivity index (χ2v) is 7.09. The van der Waals surface area contributed by atoms with E-state index in [-0.39, 0.29) is 6.03 Å². The van der Waals surface area contributed by atoms with E-state index < -0.39 is 0 Å². The van der Waals surface area contributed by atoms with Gasteiger partial charge >= 0.3 is 6.03 Å². The number of nitrogens with zero attached hydrogens (tertiary/aromatic N) is 2. The van der Waals surface area contributed by atoms with Crippen molar-refractivity contribution >= 4 is 17.4 Å². The molecule has 1 aliphatic rings. The van der Waals surface area contributed by atoms with Crippen molar-refractivity contribution in [2.24, 2.45) is 0 Å². The second kappa shape index (κ2) is 8.75. The molecule has 1 aliphatic heterocycles. The number of aryl methyl sites for hydroxylation is 1. The molecule has 0 fully saturated rings. The molecule has 0 saturated heterocycles. The summed E-state index contributed by atoms with van der Waals surface area (Å²) in [4.78, 5) is 17.0. The number of amides is 2. The number of benzene rings is 2. The molecule has 0 bridgehead atoms. The van der Waals surface area contributed by atoms with E-state index in [2.05, 4.69) is 66.5 Å². The molecule has 3 rings (SSSR count). The summed E-state index contributed by atoms with van der Waals surface area (Å²) in [5.74, 6) is 0. The summed E-state index contributed by atoms with van der Waals surface area (Å²) < 4.78 is 0. The fourth-order valence-electron chi connectivity index (χ4n) is 3.59. The van der Waals surface area contributed by atoms with Crippen molar-refractivity contribution in [2.75, 3.05) is 29.4 Å². The van der Waals surface area contributed by atoms with Crippen molar-refractivity contribution in [1.29, 1.82) is 0 Å². The minimum Gasteiger partial charge on any atom is -0.367 e. The predicted molar refractivity (Wildman–Crippen MR) is 109 cm³/mol. The molecule has 4 heteroatoms. The minimum absolute atomic E-state index is 0.0103. The van der Waals surface area contributed by atoms with Crippen LogP contribution in [-0.4, -0.2) is 31.7 Å². The molecule has 2 amide bonds. The van der Waals surface area contributed by atoms with Crippen LogP contribution in [0.5, 0.6) is 0 Å². The number of para-hydroxylation sites is 2. The van der Waals surface area contributed by atoms with Gasteiger partial charge in [0.25, 0.3) is 0 Å². The number of hydrogen-bond acceptors (Lipinski definition) is 2. The van der Waals surface area contributed by atoms with Gasteiger partial charge in [0.1, 0.15) is 0 Å². The molecule has 0 unspecified atom stereocenters. The third-order valence-electron chi connectivity index (χ3n) is 4.95. The van der Waals surface area contributed by atoms with Gasteiger partial charge in [-0.3, -0.25) is 4.90 Å². The number of carbonyl (C=O) groups is 1. The number of carbonyl (C=O) groups excluding carboxylic acids is 1. The Kier molecular flexibility index (Phi) is 6.16. The van der Waals surface area contributed by atoms with Crippen LogP contribution in [0.25, 0.3) is 0 Å². The van der Waals surface area contributed by atoms with E-state index in [0.717, 1.165) is 38.0 Å². The van der Waals surface area contributed by atoms with Gasteiger partial charge in [-0.1, -0.05) is 36.4 Å². The van der Waals surface area contributed by atoms with Crippen molar-refractivity contribution in [3.05, 3.63) is 60.2 Å². The lowest BCUT2D eigenvalue weighted by Crippen LogP contribution is -2.44. The van der Waals surface area contributed by atoms with Crippen LogP contribution in [-0.2, 0) is 6.42 Å². The summed E-state index contributed by atoms with van der Waals surface area (Å²) in [5, 5.41) is 3.12. The predicted octanol–water partition coefficient (Wildman–Crippen LogP) is 4.45. The first-order chi connectivity index (χ1) is 12.7. The smallest absolute Gasteiger partial charge is 0.321 e. The summed E-state index contributed by atoms with van der Waals surface area (Å²) in [7, 11) is 0. The van der Waals surface area contributed by atoms with E-state index in [4.69, 9.17) is 0 Å². The van der Waals surface area contributed by atoms with Crippen LogP contribution in [0.2, 0.25) is 0 Å². The maximum atomic E-state index is 12.8. The molecule has 0 saturated carbocycles. The van der Waals surface area contributed by atoms with Crippen LogP contribution < -0.4 is 15.1 Å². The van der Waals surface area contributed by atoms with Crippen LogP contribution in [0.3, 0.4) is 0 Å². The van der Waals surface area contributed by atoms with Gasteiger partial charge in [0, 0.05) is 37.1 Å². The molecule has 0 aromatic heterocycles. The average molecular weight is 351 g/mol. The summed E-state index contributed by atoms with van der Waals surface area (Å²) >= 11 is 0. The third-order valence-corrected chi connectivity index (χ3v) is 4.95. The highest BCUT2D eigenvalue weighted by Crippen LogP contribution is 2.26. The number of nitrogens with one attached hydrogen (secondary N) is 1. The Morgan fingerprint density at radius 1 is 1.08 bits per heavy atom. The van der Waals surface area contributed by atoms with Crippen molar-refractivity contribution < 1.29 is 4.79 Å². The molecule has 26 heavy (non-hydrogen) atoms. The number of rotatable bonds is 5. The van der Waals surface area contributed by atoms with Crippen molar-refractivity contribution in [2.45, 2.75) is 39.2 Å². The molecule has 4 nitrogen and oxygen atoms in total. The van der Waals surface area contributed by atoms with E-state index >= 15 is 0 Å². The standard InChI is InChI=1S/C22H29N3O/c1-18(2)24(20-12-4-3-5-13-20)17-15-23-22(26)25-16-9-8-11-19-10-6-7-14-21(19)25/h3-7,10,12-14,18H,8-9,11,15-17H2,1-2H3,(H,23,26). The van der Waals surface area contributed by atoms with Gasteiger partial charge in [-0.15, -0.1) is 0 Å². The highest BCUT2D eigenvalue weighted by atomic mass is 16.2. The zero-order valence-corrected chi connectivity index (χ0v) is 15.8. The maximum Gasteiger partial charge on any atom is 0.321 e. The van der Waals surface area contributed by atoms with Crippen LogP contribution in [0.15, 0.2) is 54.6 Å². The highest BCUT2D eigenvalue weighted by molar-refractivity contribution is 5.93. The third kappa shape index (κ3) is 4.37. The first-order valence-corrected chi connectivity index (χ1v) is 9.62. The Morgan fingerprint density at radius 3 is 2.58 bits per heavy atom. The van der Waals surface area contributed by atoms with E-state index in [0.29, 0.717) is 12.6 Å². The van der Waals surface area contributed by atoms with Crippen LogP contribution in [0.1, 0.15) is 32.3 Å². The lowest BCUT2D eigenvalue weighted by molar-refractivity contribution is 0.246. The molecule has 1 N–H and O–H groups in total. The molecular formula is C22H29N3O. The monoisotopic (exact) mass is 351 g/mol. The first-order valence-electron chi connectivity index (χ1n) is 9.62. The van der Waals surface area contributed by atoms with Gasteiger partial charge in [-0.05, 0) is 56.9 Å². The molecule has 1 heterocycles. The molecule has 2 aromatic carbocycles. The fraction of sp³-hybridized carbons (Fsp3) is 0.409. The normalized spacial score (nSPS) is 13.9. The number of fused-ring (bicyclic) bond motifs is 1. The SMILES string of the molecule is CC(C)N(CCNC(=O)N1CCCCc2ccccc21)c1ccccc1. The van der Waals surface area contributed by atoms with Gasteiger partial charge in [0.2, 0.25) is 0 Å². The van der Waals surface area contributed by atoms with Gasteiger partial charge in [-0.2, -0.15) is 0 Å². The Labute approximate surface area is 156 Å². The van der Waals surface area contributed by atoms with E-state index in [1.807, 2.05) is 17.0 Å². The summed E-state index contributed by atoms with van der Waals surface area (Å²) in [6.45, 7) is 6.57. The van der Waals surface area contributed by atoms with Crippen molar-refractivity contribution in [3.8, 4) is 0 Å². The first kappa shape index (κ1) is 18.3. The molecule has 2 aromatic rings. The van der Waals surface area contributed by atoms with Gasteiger partial charge in [0.15, 0.2) is 0 Å². The van der Waals surface area contributed by atoms with Crippen molar-refractivity contribution in [1.82, 2.24) is 5.32 Å². The zero-order chi connectivity index (χ0) is 18.4. The largest absolute Gasteiger partial charge is 0.367 e. The maximum absolute atomic E-state index is 12.8. The van der Waals surface area contributed by atoms with Gasteiger partial charge < -0.3 is 10.2 Å². The summed E-state index contributed by atoms with van der Waals surface area (Å²) in [6, 6.07) is 19.0. The van der Waals surface area contributed by atoms with Gasteiger partial charge in [-0.25, -0.2) is 4.79 Å². The highest BCUT2D eigenvalue weighted by Gasteiger charge is 2.20. The van der Waals surface area contributed by atoms with E-state index in [1.165, 1.54) is 11.3 Å². The Bertz CT molecular complexity index is 714. The fourth-order valence-corrected chi connectivity index (χ4v) is 3.59. The molecule has 0 spiro atoms. The molecular weight excluding hydrogens is 322 g/mol. The van der Waals surface area contributed by atoms with Crippen LogP contribution in [0.4, 0.5) is 16.2 Å². The lowest BCUT2D eigenvalue weighted by atomic mass is 10.1. The number of anilines is 2. The molecule has 138 valence electrons. The Balaban J connectivity index is 1.62. The molecule has 0 aliphatic carbocycles. The van der Waals surface area contributed by atoms with E-state index in [1.54, 1.807) is 0 Å². The van der Waals surface area contributed by atoms with Crippen molar-refractivity contribution in [3.63, 3.8) is 0 Å². The van der Waals surface area contributed by atoms with Crippen LogP contribution >= 0.6 is 0 Å². The Hall–Kier alpha value is -2.49. The second-order valence-electron chi connectivity index (χ2n) is 7.09. The lowest BCUT2D eigenvalue weighted by Gasteiger charge is -2.30. The molecule has 0 atom stereocenters. The van der Waals surface area contributed by atoms with E-state index in [9.17, 15) is 4.79 Å². The molecule has 0 radical (unpaired) electrons. The zero-order valence-electron chi connectivity index (χ0n) is 15.8. The number of urea groups is 1. The summed E-state index contributed by atoms with van der Waals surface area (Å²) in [5.41, 5.74) is 3.52. The number of hydrogen-bond donors (Lipinski definition) is 1.